The van der Waals surface area contributed by atoms with Gasteiger partial charge < -0.3 is 15.8 Å². The number of nitrogens with two attached hydrogens (primary N) is 1. The molecule has 3 N–H and O–H groups in total. The van der Waals surface area contributed by atoms with Crippen molar-refractivity contribution in [2.45, 2.75) is 19.8 Å². The lowest BCUT2D eigenvalue weighted by molar-refractivity contribution is -0.125. The van der Waals surface area contributed by atoms with Crippen LogP contribution in [0.5, 0.6) is 5.75 Å². The molecule has 7 nitrogen and oxygen atoms in total. The van der Waals surface area contributed by atoms with E-state index in [1.54, 1.807) is 0 Å². The molecule has 0 saturated carbocycles. The number of hydrogen-bond donors (Lipinski definition) is 2. The highest BCUT2D eigenvalue weighted by Crippen LogP contribution is 2.32. The number of carbonyl (C=O) groups excluding carboxylic acids is 2. The number of thiazole rings is 1. The maximum Gasteiger partial charge on any atom is 0.265 e. The van der Waals surface area contributed by atoms with Gasteiger partial charge in [0.15, 0.2) is 11.7 Å². The first-order valence-electron chi connectivity index (χ1n) is 8.03. The molecule has 0 aliphatic carbocycles. The lowest BCUT2D eigenvalue weighted by Crippen LogP contribution is -2.45. The molecule has 132 valence electrons. The third-order valence-electron chi connectivity index (χ3n) is 3.86. The summed E-state index contributed by atoms with van der Waals surface area (Å²) in [5.41, 5.74) is 8.17. The minimum Gasteiger partial charge on any atom is -0.482 e. The topological polar surface area (TPSA) is 97.5 Å². The van der Waals surface area contributed by atoms with Crippen molar-refractivity contribution in [1.29, 1.82) is 0 Å². The summed E-state index contributed by atoms with van der Waals surface area (Å²) in [5, 5.41) is 5.32. The molecule has 0 fully saturated rings. The number of carbonyl (C=O) groups is 2. The SMILES string of the molecule is Cc1ccc2c(c1)N(CC(=O)NCCCc1csc(N)n1)C(=O)CO2. The van der Waals surface area contributed by atoms with Crippen LogP contribution >= 0.6 is 11.3 Å². The van der Waals surface area contributed by atoms with Gasteiger partial charge in [0.05, 0.1) is 11.4 Å². The van der Waals surface area contributed by atoms with Crippen molar-refractivity contribution in [3.05, 3.63) is 34.8 Å². The highest BCUT2D eigenvalue weighted by Gasteiger charge is 2.27. The predicted molar refractivity (Wildman–Crippen MR) is 96.9 cm³/mol. The molecule has 2 aromatic rings. The predicted octanol–water partition coefficient (Wildman–Crippen LogP) is 1.51. The standard InChI is InChI=1S/C17H20N4O3S/c1-11-4-5-14-13(7-11)21(16(23)9-24-14)8-15(22)19-6-2-3-12-10-25-17(18)20-12/h4-5,7,10H,2-3,6,8-9H2,1H3,(H2,18,20)(H,19,22). The molecule has 0 spiro atoms. The Morgan fingerprint density at radius 3 is 3.08 bits per heavy atom. The van der Waals surface area contributed by atoms with Crippen molar-refractivity contribution < 1.29 is 14.3 Å². The molecule has 0 radical (unpaired) electrons. The summed E-state index contributed by atoms with van der Waals surface area (Å²) in [4.78, 5) is 30.0. The average Bonchev–Trinajstić information content (AvgIpc) is 3.00. The van der Waals surface area contributed by atoms with E-state index in [1.165, 1.54) is 16.2 Å². The monoisotopic (exact) mass is 360 g/mol. The minimum atomic E-state index is -0.216. The number of amides is 2. The van der Waals surface area contributed by atoms with E-state index in [9.17, 15) is 9.59 Å². The second-order valence-corrected chi connectivity index (χ2v) is 6.76. The smallest absolute Gasteiger partial charge is 0.265 e. The van der Waals surface area contributed by atoms with Crippen LogP contribution < -0.4 is 20.7 Å². The molecule has 8 heteroatoms. The zero-order valence-corrected chi connectivity index (χ0v) is 14.8. The van der Waals surface area contributed by atoms with E-state index in [-0.39, 0.29) is 25.0 Å². The van der Waals surface area contributed by atoms with E-state index in [1.807, 2.05) is 30.5 Å². The Kier molecular flexibility index (Phi) is 5.18. The molecular weight excluding hydrogens is 340 g/mol. The highest BCUT2D eigenvalue weighted by molar-refractivity contribution is 7.13. The van der Waals surface area contributed by atoms with Gasteiger partial charge in [-0.25, -0.2) is 4.98 Å². The lowest BCUT2D eigenvalue weighted by atomic mass is 10.1. The van der Waals surface area contributed by atoms with Gasteiger partial charge in [0, 0.05) is 11.9 Å². The first-order valence-corrected chi connectivity index (χ1v) is 8.91. The second-order valence-electron chi connectivity index (χ2n) is 5.87. The molecule has 3 rings (SSSR count). The third-order valence-corrected chi connectivity index (χ3v) is 4.58. The number of anilines is 2. The normalized spacial score (nSPS) is 13.3. The molecule has 1 aliphatic rings. The van der Waals surface area contributed by atoms with Crippen molar-refractivity contribution in [3.63, 3.8) is 0 Å². The van der Waals surface area contributed by atoms with Crippen molar-refractivity contribution in [2.24, 2.45) is 0 Å². The van der Waals surface area contributed by atoms with Gasteiger partial charge in [-0.05, 0) is 37.5 Å². The van der Waals surface area contributed by atoms with Crippen molar-refractivity contribution in [1.82, 2.24) is 10.3 Å². The van der Waals surface area contributed by atoms with Crippen molar-refractivity contribution in [2.75, 3.05) is 30.3 Å². The second kappa shape index (κ2) is 7.52. The molecule has 1 aliphatic heterocycles. The van der Waals surface area contributed by atoms with Gasteiger partial charge in [-0.15, -0.1) is 11.3 Å². The van der Waals surface area contributed by atoms with Crippen LogP contribution in [0.1, 0.15) is 17.7 Å². The number of hydrogen-bond acceptors (Lipinski definition) is 6. The molecule has 0 bridgehead atoms. The number of ether oxygens (including phenoxy) is 1. The number of nitrogens with one attached hydrogen (secondary N) is 1. The summed E-state index contributed by atoms with van der Waals surface area (Å²) in [6.45, 7) is 2.40. The highest BCUT2D eigenvalue weighted by atomic mass is 32.1. The summed E-state index contributed by atoms with van der Waals surface area (Å²) in [6, 6.07) is 5.59. The summed E-state index contributed by atoms with van der Waals surface area (Å²) in [5.74, 6) is 0.214. The van der Waals surface area contributed by atoms with Gasteiger partial charge in [0.25, 0.3) is 5.91 Å². The number of nitrogens with zero attached hydrogens (tertiary/aromatic N) is 2. The molecule has 0 atom stereocenters. The fraction of sp³-hybridized carbons (Fsp3) is 0.353. The fourth-order valence-corrected chi connectivity index (χ4v) is 3.22. The van der Waals surface area contributed by atoms with Crippen LogP contribution in [0.15, 0.2) is 23.6 Å². The average molecular weight is 360 g/mol. The third kappa shape index (κ3) is 4.27. The van der Waals surface area contributed by atoms with E-state index in [4.69, 9.17) is 10.5 Å². The van der Waals surface area contributed by atoms with Crippen LogP contribution in [0.4, 0.5) is 10.8 Å². The number of nitrogen functional groups attached to an aromatic ring is 1. The number of aromatic nitrogens is 1. The maximum absolute atomic E-state index is 12.2. The number of fused-ring (bicyclic) bond motifs is 1. The van der Waals surface area contributed by atoms with E-state index in [2.05, 4.69) is 10.3 Å². The largest absolute Gasteiger partial charge is 0.482 e. The van der Waals surface area contributed by atoms with Gasteiger partial charge >= 0.3 is 0 Å². The fourth-order valence-electron chi connectivity index (χ4n) is 2.62. The lowest BCUT2D eigenvalue weighted by Gasteiger charge is -2.29. The van der Waals surface area contributed by atoms with Crippen molar-refractivity contribution in [3.8, 4) is 5.75 Å². The molecule has 0 unspecified atom stereocenters. The van der Waals surface area contributed by atoms with E-state index in [0.29, 0.717) is 23.1 Å². The maximum atomic E-state index is 12.2. The van der Waals surface area contributed by atoms with Gasteiger partial charge in [0.2, 0.25) is 5.91 Å². The number of aryl methyl sites for hydroxylation is 2. The number of benzene rings is 1. The van der Waals surface area contributed by atoms with Crippen LogP contribution in [0.2, 0.25) is 0 Å². The summed E-state index contributed by atoms with van der Waals surface area (Å²) >= 11 is 1.41. The molecule has 0 saturated heterocycles. The quantitative estimate of drug-likeness (QED) is 0.761. The molecule has 2 amide bonds. The minimum absolute atomic E-state index is 0.0116. The molecule has 1 aromatic heterocycles. The van der Waals surface area contributed by atoms with Gasteiger partial charge in [-0.3, -0.25) is 14.5 Å². The molecule has 1 aromatic carbocycles. The van der Waals surface area contributed by atoms with Gasteiger partial charge in [-0.1, -0.05) is 6.07 Å². The van der Waals surface area contributed by atoms with E-state index in [0.717, 1.165) is 24.1 Å². The van der Waals surface area contributed by atoms with Crippen LogP contribution in [0.25, 0.3) is 0 Å². The summed E-state index contributed by atoms with van der Waals surface area (Å²) in [6.07, 6.45) is 1.52. The van der Waals surface area contributed by atoms with Crippen LogP contribution in [0, 0.1) is 6.92 Å². The number of rotatable bonds is 6. The van der Waals surface area contributed by atoms with Gasteiger partial charge in [0.1, 0.15) is 12.3 Å². The molecular formula is C17H20N4O3S. The Bertz CT molecular complexity index is 790. The first-order chi connectivity index (χ1) is 12.0. The summed E-state index contributed by atoms with van der Waals surface area (Å²) in [7, 11) is 0. The Morgan fingerprint density at radius 1 is 1.48 bits per heavy atom. The Hall–Kier alpha value is -2.61. The van der Waals surface area contributed by atoms with Crippen LogP contribution in [0.3, 0.4) is 0 Å². The Morgan fingerprint density at radius 2 is 2.32 bits per heavy atom. The Labute approximate surface area is 149 Å². The van der Waals surface area contributed by atoms with Crippen LogP contribution in [-0.4, -0.2) is 36.5 Å². The molecule has 2 heterocycles. The zero-order valence-electron chi connectivity index (χ0n) is 13.9. The van der Waals surface area contributed by atoms with Crippen LogP contribution in [-0.2, 0) is 16.0 Å². The van der Waals surface area contributed by atoms with E-state index >= 15 is 0 Å². The molecule has 25 heavy (non-hydrogen) atoms. The Balaban J connectivity index is 1.52. The zero-order chi connectivity index (χ0) is 17.8. The first kappa shape index (κ1) is 17.2. The summed E-state index contributed by atoms with van der Waals surface area (Å²) < 4.78 is 5.41. The van der Waals surface area contributed by atoms with E-state index < -0.39 is 0 Å². The van der Waals surface area contributed by atoms with Crippen molar-refractivity contribution >= 4 is 34.0 Å². The van der Waals surface area contributed by atoms with Gasteiger partial charge in [-0.2, -0.15) is 0 Å².